The van der Waals surface area contributed by atoms with Gasteiger partial charge in [-0.15, -0.1) is 11.3 Å². The summed E-state index contributed by atoms with van der Waals surface area (Å²) in [6.45, 7) is 3.94. The maximum absolute atomic E-state index is 5.59. The predicted octanol–water partition coefficient (Wildman–Crippen LogP) is 1.80. The second-order valence-corrected chi connectivity index (χ2v) is 5.83. The fraction of sp³-hybridized carbons (Fsp3) is 0.692. The molecule has 1 saturated heterocycles. The molecule has 1 aromatic heterocycles. The normalized spacial score (nSPS) is 25.4. The van der Waals surface area contributed by atoms with E-state index >= 15 is 0 Å². The van der Waals surface area contributed by atoms with E-state index in [4.69, 9.17) is 4.74 Å². The van der Waals surface area contributed by atoms with Gasteiger partial charge in [0.15, 0.2) is 0 Å². The molecule has 0 spiro atoms. The Morgan fingerprint density at radius 2 is 2.47 bits per heavy atom. The zero-order valence-electron chi connectivity index (χ0n) is 10.7. The molecule has 0 amide bonds. The monoisotopic (exact) mass is 254 g/mol. The topological polar surface area (TPSA) is 24.5 Å². The highest BCUT2D eigenvalue weighted by Gasteiger charge is 2.25. The highest BCUT2D eigenvalue weighted by molar-refractivity contribution is 7.09. The van der Waals surface area contributed by atoms with E-state index in [-0.39, 0.29) is 0 Å². The van der Waals surface area contributed by atoms with Crippen LogP contribution in [-0.4, -0.2) is 44.8 Å². The Morgan fingerprint density at radius 1 is 1.59 bits per heavy atom. The molecule has 2 heterocycles. The van der Waals surface area contributed by atoms with Gasteiger partial charge in [-0.1, -0.05) is 6.07 Å². The van der Waals surface area contributed by atoms with Gasteiger partial charge in [-0.3, -0.25) is 0 Å². The highest BCUT2D eigenvalue weighted by atomic mass is 32.1. The minimum absolute atomic E-state index is 0.606. The summed E-state index contributed by atoms with van der Waals surface area (Å²) in [7, 11) is 4.25. The second-order valence-electron chi connectivity index (χ2n) is 4.79. The van der Waals surface area contributed by atoms with Gasteiger partial charge in [0.25, 0.3) is 0 Å². The first-order valence-corrected chi connectivity index (χ1v) is 7.13. The Labute approximate surface area is 108 Å². The quantitative estimate of drug-likeness (QED) is 0.867. The van der Waals surface area contributed by atoms with Crippen LogP contribution in [0.5, 0.6) is 0 Å². The minimum Gasteiger partial charge on any atom is -0.381 e. The number of ether oxygens (including phenoxy) is 1. The van der Waals surface area contributed by atoms with Crippen molar-refractivity contribution in [2.45, 2.75) is 19.0 Å². The fourth-order valence-electron chi connectivity index (χ4n) is 2.49. The van der Waals surface area contributed by atoms with Crippen LogP contribution in [-0.2, 0) is 11.3 Å². The summed E-state index contributed by atoms with van der Waals surface area (Å²) in [6, 6.07) is 4.93. The molecule has 96 valence electrons. The fourth-order valence-corrected chi connectivity index (χ4v) is 3.27. The third-order valence-corrected chi connectivity index (χ3v) is 4.26. The van der Waals surface area contributed by atoms with E-state index in [0.717, 1.165) is 32.7 Å². The van der Waals surface area contributed by atoms with Crippen molar-refractivity contribution in [2.75, 3.05) is 33.9 Å². The van der Waals surface area contributed by atoms with Gasteiger partial charge in [0.2, 0.25) is 0 Å². The predicted molar refractivity (Wildman–Crippen MR) is 72.4 cm³/mol. The number of hydrogen-bond donors (Lipinski definition) is 1. The first kappa shape index (κ1) is 13.0. The van der Waals surface area contributed by atoms with Crippen LogP contribution in [0.3, 0.4) is 0 Å². The van der Waals surface area contributed by atoms with Crippen molar-refractivity contribution in [1.29, 1.82) is 0 Å². The molecule has 0 saturated carbocycles. The molecule has 2 unspecified atom stereocenters. The third kappa shape index (κ3) is 3.78. The molecule has 3 nitrogen and oxygen atoms in total. The molecule has 0 aromatic carbocycles. The first-order chi connectivity index (χ1) is 8.29. The van der Waals surface area contributed by atoms with E-state index in [1.165, 1.54) is 4.88 Å². The van der Waals surface area contributed by atoms with E-state index in [9.17, 15) is 0 Å². The number of rotatable bonds is 5. The number of nitrogens with one attached hydrogen (secondary N) is 1. The number of thiophene rings is 1. The molecule has 4 heteroatoms. The smallest absolute Gasteiger partial charge is 0.0521 e. The lowest BCUT2D eigenvalue weighted by Crippen LogP contribution is -2.45. The van der Waals surface area contributed by atoms with Gasteiger partial charge in [0.1, 0.15) is 0 Å². The maximum atomic E-state index is 5.59. The summed E-state index contributed by atoms with van der Waals surface area (Å²) in [5.41, 5.74) is 0. The number of nitrogens with zero attached hydrogens (tertiary/aromatic N) is 1. The standard InChI is InChI=1S/C13H22N2OS/c1-14-13-5-6-16-10-11(13)8-15(2)9-12-4-3-7-17-12/h3-4,7,11,13-14H,5-6,8-10H2,1-2H3. The Balaban J connectivity index is 1.82. The Bertz CT molecular complexity index is 315. The Kier molecular flexibility index (Phi) is 4.98. The molecule has 0 bridgehead atoms. The molecule has 0 aliphatic carbocycles. The summed E-state index contributed by atoms with van der Waals surface area (Å²) in [6.07, 6.45) is 1.13. The molecule has 17 heavy (non-hydrogen) atoms. The summed E-state index contributed by atoms with van der Waals surface area (Å²) in [5.74, 6) is 0.610. The van der Waals surface area contributed by atoms with E-state index in [0.29, 0.717) is 12.0 Å². The second kappa shape index (κ2) is 6.50. The van der Waals surface area contributed by atoms with E-state index in [1.807, 2.05) is 11.3 Å². The lowest BCUT2D eigenvalue weighted by atomic mass is 9.95. The molecule has 2 rings (SSSR count). The average molecular weight is 254 g/mol. The van der Waals surface area contributed by atoms with E-state index < -0.39 is 0 Å². The molecular formula is C13H22N2OS. The van der Waals surface area contributed by atoms with Gasteiger partial charge in [0.05, 0.1) is 6.61 Å². The molecule has 1 fully saturated rings. The summed E-state index contributed by atoms with van der Waals surface area (Å²) in [5, 5.41) is 5.56. The van der Waals surface area contributed by atoms with Gasteiger partial charge in [-0.25, -0.2) is 0 Å². The maximum Gasteiger partial charge on any atom is 0.0521 e. The Morgan fingerprint density at radius 3 is 3.18 bits per heavy atom. The van der Waals surface area contributed by atoms with Crippen molar-refractivity contribution in [3.05, 3.63) is 22.4 Å². The van der Waals surface area contributed by atoms with Gasteiger partial charge in [-0.05, 0) is 32.0 Å². The average Bonchev–Trinajstić information content (AvgIpc) is 2.82. The lowest BCUT2D eigenvalue weighted by molar-refractivity contribution is 0.0209. The van der Waals surface area contributed by atoms with Gasteiger partial charge < -0.3 is 15.0 Å². The highest BCUT2D eigenvalue weighted by Crippen LogP contribution is 2.17. The van der Waals surface area contributed by atoms with Crippen LogP contribution in [0.1, 0.15) is 11.3 Å². The molecule has 0 radical (unpaired) electrons. The molecule has 1 aliphatic heterocycles. The van der Waals surface area contributed by atoms with Crippen LogP contribution < -0.4 is 5.32 Å². The van der Waals surface area contributed by atoms with Crippen LogP contribution in [0.4, 0.5) is 0 Å². The van der Waals surface area contributed by atoms with Crippen molar-refractivity contribution < 1.29 is 4.74 Å². The Hall–Kier alpha value is -0.420. The molecule has 2 atom stereocenters. The van der Waals surface area contributed by atoms with Crippen LogP contribution >= 0.6 is 11.3 Å². The SMILES string of the molecule is CNC1CCOCC1CN(C)Cc1cccs1. The van der Waals surface area contributed by atoms with E-state index in [1.54, 1.807) is 0 Å². The lowest BCUT2D eigenvalue weighted by Gasteiger charge is -2.34. The van der Waals surface area contributed by atoms with Crippen molar-refractivity contribution in [2.24, 2.45) is 5.92 Å². The van der Waals surface area contributed by atoms with Gasteiger partial charge in [-0.2, -0.15) is 0 Å². The van der Waals surface area contributed by atoms with Gasteiger partial charge >= 0.3 is 0 Å². The van der Waals surface area contributed by atoms with Crippen molar-refractivity contribution in [3.63, 3.8) is 0 Å². The van der Waals surface area contributed by atoms with E-state index in [2.05, 4.69) is 41.8 Å². The van der Waals surface area contributed by atoms with Crippen molar-refractivity contribution in [1.82, 2.24) is 10.2 Å². The van der Waals surface area contributed by atoms with Crippen LogP contribution in [0.2, 0.25) is 0 Å². The summed E-state index contributed by atoms with van der Waals surface area (Å²) < 4.78 is 5.59. The molecular weight excluding hydrogens is 232 g/mol. The van der Waals surface area contributed by atoms with Gasteiger partial charge in [0, 0.05) is 36.5 Å². The number of hydrogen-bond acceptors (Lipinski definition) is 4. The molecule has 1 aliphatic rings. The largest absolute Gasteiger partial charge is 0.381 e. The molecule has 1 N–H and O–H groups in total. The zero-order valence-corrected chi connectivity index (χ0v) is 11.5. The van der Waals surface area contributed by atoms with Crippen LogP contribution in [0.25, 0.3) is 0 Å². The zero-order chi connectivity index (χ0) is 12.1. The summed E-state index contributed by atoms with van der Waals surface area (Å²) in [4.78, 5) is 3.83. The molecule has 1 aromatic rings. The third-order valence-electron chi connectivity index (χ3n) is 3.40. The minimum atomic E-state index is 0.606. The van der Waals surface area contributed by atoms with Crippen molar-refractivity contribution in [3.8, 4) is 0 Å². The van der Waals surface area contributed by atoms with Crippen LogP contribution in [0.15, 0.2) is 17.5 Å². The first-order valence-electron chi connectivity index (χ1n) is 6.25. The summed E-state index contributed by atoms with van der Waals surface area (Å²) >= 11 is 1.83. The van der Waals surface area contributed by atoms with Crippen molar-refractivity contribution >= 4 is 11.3 Å². The van der Waals surface area contributed by atoms with Crippen LogP contribution in [0, 0.1) is 5.92 Å².